The minimum Gasteiger partial charge on any atom is -0.339 e. The number of nitrogens with one attached hydrogen (secondary N) is 1. The number of hydrogen-bond donors (Lipinski definition) is 1. The second-order valence-electron chi connectivity index (χ2n) is 4.80. The average Bonchev–Trinajstić information content (AvgIpc) is 2.48. The van der Waals surface area contributed by atoms with E-state index in [0.717, 1.165) is 17.6 Å². The van der Waals surface area contributed by atoms with Gasteiger partial charge in [0.25, 0.3) is 5.91 Å². The highest BCUT2D eigenvalue weighted by atomic mass is 79.9. The molecule has 0 atom stereocenters. The van der Waals surface area contributed by atoms with Crippen LogP contribution in [0.1, 0.15) is 10.4 Å². The first-order valence-corrected chi connectivity index (χ1v) is 7.37. The highest BCUT2D eigenvalue weighted by molar-refractivity contribution is 9.10. The maximum absolute atomic E-state index is 12.2. The quantitative estimate of drug-likeness (QED) is 0.867. The van der Waals surface area contributed by atoms with Crippen LogP contribution in [0, 0.1) is 0 Å². The van der Waals surface area contributed by atoms with Crippen molar-refractivity contribution < 1.29 is 9.59 Å². The summed E-state index contributed by atoms with van der Waals surface area (Å²) in [5, 5.41) is 3.20. The topological polar surface area (TPSA) is 52.7 Å². The molecule has 0 bridgehead atoms. The first-order chi connectivity index (χ1) is 9.58. The van der Waals surface area contributed by atoms with Crippen LogP contribution < -0.4 is 5.32 Å². The zero-order chi connectivity index (χ0) is 14.5. The number of nitrogens with zero attached hydrogens (tertiary/aromatic N) is 2. The fourth-order valence-corrected chi connectivity index (χ4v) is 2.37. The fourth-order valence-electron chi connectivity index (χ4n) is 2.10. The lowest BCUT2D eigenvalue weighted by molar-refractivity contribution is -0.132. The number of carbonyl (C=O) groups is 2. The Morgan fingerprint density at radius 2 is 1.81 bits per heavy atom. The first-order valence-electron chi connectivity index (χ1n) is 6.57. The van der Waals surface area contributed by atoms with Crippen molar-refractivity contribution in [2.45, 2.75) is 0 Å². The Labute approximate surface area is 139 Å². The molecule has 7 heteroatoms. The van der Waals surface area contributed by atoms with Crippen molar-refractivity contribution in [2.75, 3.05) is 39.8 Å². The van der Waals surface area contributed by atoms with Gasteiger partial charge in [0, 0.05) is 43.3 Å². The molecule has 0 aliphatic carbocycles. The molecule has 1 aromatic carbocycles. The molecular weight excluding hydrogens is 358 g/mol. The predicted octanol–water partition coefficient (Wildman–Crippen LogP) is 1.37. The lowest BCUT2D eigenvalue weighted by atomic mass is 10.2. The van der Waals surface area contributed by atoms with Gasteiger partial charge in [0.15, 0.2) is 0 Å². The molecule has 116 valence electrons. The highest BCUT2D eigenvalue weighted by Gasteiger charge is 2.20. The van der Waals surface area contributed by atoms with Crippen LogP contribution in [0.15, 0.2) is 28.7 Å². The van der Waals surface area contributed by atoms with Crippen molar-refractivity contribution in [2.24, 2.45) is 0 Å². The van der Waals surface area contributed by atoms with Crippen LogP contribution in [0.5, 0.6) is 0 Å². The molecular formula is C14H19BrClN3O2. The van der Waals surface area contributed by atoms with Crippen LogP contribution in [0.4, 0.5) is 0 Å². The maximum atomic E-state index is 12.2. The van der Waals surface area contributed by atoms with Gasteiger partial charge in [-0.25, -0.2) is 0 Å². The fraction of sp³-hybridized carbons (Fsp3) is 0.429. The number of rotatable bonds is 3. The number of carbonyl (C=O) groups excluding carboxylic acids is 2. The van der Waals surface area contributed by atoms with E-state index in [0.29, 0.717) is 18.7 Å². The molecule has 1 N–H and O–H groups in total. The third-order valence-corrected chi connectivity index (χ3v) is 3.81. The Bertz CT molecular complexity index is 489. The molecule has 1 fully saturated rings. The van der Waals surface area contributed by atoms with Crippen LogP contribution in [0.25, 0.3) is 0 Å². The molecule has 21 heavy (non-hydrogen) atoms. The van der Waals surface area contributed by atoms with Crippen molar-refractivity contribution in [3.05, 3.63) is 34.3 Å². The van der Waals surface area contributed by atoms with Crippen molar-refractivity contribution >= 4 is 40.2 Å². The van der Waals surface area contributed by atoms with E-state index < -0.39 is 0 Å². The van der Waals surface area contributed by atoms with E-state index in [2.05, 4.69) is 21.2 Å². The van der Waals surface area contributed by atoms with Gasteiger partial charge in [-0.15, -0.1) is 12.4 Å². The summed E-state index contributed by atoms with van der Waals surface area (Å²) in [4.78, 5) is 27.6. The maximum Gasteiger partial charge on any atom is 0.254 e. The van der Waals surface area contributed by atoms with Gasteiger partial charge >= 0.3 is 0 Å². The van der Waals surface area contributed by atoms with E-state index >= 15 is 0 Å². The van der Waals surface area contributed by atoms with Gasteiger partial charge in [0.1, 0.15) is 0 Å². The van der Waals surface area contributed by atoms with Crippen molar-refractivity contribution in [3.8, 4) is 0 Å². The number of amides is 2. The molecule has 0 radical (unpaired) electrons. The van der Waals surface area contributed by atoms with Gasteiger partial charge < -0.3 is 15.1 Å². The SMILES string of the molecule is CN(CC(=O)N1CCNCC1)C(=O)c1ccc(Br)cc1.Cl. The van der Waals surface area contributed by atoms with Crippen LogP contribution >= 0.6 is 28.3 Å². The van der Waals surface area contributed by atoms with Gasteiger partial charge in [-0.1, -0.05) is 15.9 Å². The second kappa shape index (κ2) is 8.36. The molecule has 2 rings (SSSR count). The summed E-state index contributed by atoms with van der Waals surface area (Å²) in [5.74, 6) is -0.138. The van der Waals surface area contributed by atoms with Crippen LogP contribution in [-0.2, 0) is 4.79 Å². The molecule has 1 heterocycles. The second-order valence-corrected chi connectivity index (χ2v) is 5.71. The van der Waals surface area contributed by atoms with E-state index in [-0.39, 0.29) is 30.8 Å². The minimum atomic E-state index is -0.138. The lowest BCUT2D eigenvalue weighted by Gasteiger charge is -2.29. The average molecular weight is 377 g/mol. The molecule has 1 aliphatic heterocycles. The molecule has 0 spiro atoms. The summed E-state index contributed by atoms with van der Waals surface area (Å²) in [7, 11) is 1.66. The number of benzene rings is 1. The standard InChI is InChI=1S/C14H18BrN3O2.ClH/c1-17(10-13(19)18-8-6-16-7-9-18)14(20)11-2-4-12(15)5-3-11;/h2-5,16H,6-10H2,1H3;1H. The van der Waals surface area contributed by atoms with E-state index in [1.165, 1.54) is 4.90 Å². The molecule has 1 saturated heterocycles. The molecule has 5 nitrogen and oxygen atoms in total. The third-order valence-electron chi connectivity index (χ3n) is 3.28. The van der Waals surface area contributed by atoms with Crippen LogP contribution in [0.2, 0.25) is 0 Å². The molecule has 0 aromatic heterocycles. The van der Waals surface area contributed by atoms with Crippen molar-refractivity contribution in [3.63, 3.8) is 0 Å². The summed E-state index contributed by atoms with van der Waals surface area (Å²) < 4.78 is 0.925. The summed E-state index contributed by atoms with van der Waals surface area (Å²) in [6.45, 7) is 3.17. The number of piperazine rings is 1. The van der Waals surface area contributed by atoms with Gasteiger partial charge in [-0.05, 0) is 24.3 Å². The van der Waals surface area contributed by atoms with E-state index in [9.17, 15) is 9.59 Å². The number of halogens is 2. The normalized spacial score (nSPS) is 14.3. The molecule has 0 saturated carbocycles. The van der Waals surface area contributed by atoms with E-state index in [1.54, 1.807) is 24.1 Å². The first kappa shape index (κ1) is 17.9. The summed E-state index contributed by atoms with van der Waals surface area (Å²) in [6.07, 6.45) is 0. The van der Waals surface area contributed by atoms with Crippen molar-refractivity contribution in [1.29, 1.82) is 0 Å². The Balaban J connectivity index is 0.00000220. The predicted molar refractivity (Wildman–Crippen MR) is 87.8 cm³/mol. The number of hydrogen-bond acceptors (Lipinski definition) is 3. The van der Waals surface area contributed by atoms with Gasteiger partial charge in [-0.2, -0.15) is 0 Å². The third kappa shape index (κ3) is 4.98. The Hall–Kier alpha value is -1.11. The van der Waals surface area contributed by atoms with Crippen molar-refractivity contribution in [1.82, 2.24) is 15.1 Å². The summed E-state index contributed by atoms with van der Waals surface area (Å²) in [6, 6.07) is 7.13. The molecule has 1 aromatic rings. The monoisotopic (exact) mass is 375 g/mol. The van der Waals surface area contributed by atoms with E-state index in [4.69, 9.17) is 0 Å². The van der Waals surface area contributed by atoms with Gasteiger partial charge in [0.2, 0.25) is 5.91 Å². The zero-order valence-corrected chi connectivity index (χ0v) is 14.2. The van der Waals surface area contributed by atoms with Gasteiger partial charge in [-0.3, -0.25) is 9.59 Å². The van der Waals surface area contributed by atoms with Crippen LogP contribution in [-0.4, -0.2) is 61.4 Å². The number of likely N-dealkylation sites (N-methyl/N-ethyl adjacent to an activating group) is 1. The summed E-state index contributed by atoms with van der Waals surface area (Å²) >= 11 is 3.33. The highest BCUT2D eigenvalue weighted by Crippen LogP contribution is 2.12. The zero-order valence-electron chi connectivity index (χ0n) is 11.8. The van der Waals surface area contributed by atoms with Crippen LogP contribution in [0.3, 0.4) is 0 Å². The minimum absolute atomic E-state index is 0. The Morgan fingerprint density at radius 3 is 2.38 bits per heavy atom. The Kier molecular flexibility index (Phi) is 7.14. The largest absolute Gasteiger partial charge is 0.339 e. The molecule has 0 unspecified atom stereocenters. The molecule has 1 aliphatic rings. The molecule has 2 amide bonds. The van der Waals surface area contributed by atoms with E-state index in [1.807, 2.05) is 12.1 Å². The van der Waals surface area contributed by atoms with Gasteiger partial charge in [0.05, 0.1) is 6.54 Å². The summed E-state index contributed by atoms with van der Waals surface area (Å²) in [5.41, 5.74) is 0.587. The lowest BCUT2D eigenvalue weighted by Crippen LogP contribution is -2.49. The smallest absolute Gasteiger partial charge is 0.254 e. The Morgan fingerprint density at radius 1 is 1.24 bits per heavy atom.